The third kappa shape index (κ3) is 2.35. The van der Waals surface area contributed by atoms with E-state index < -0.39 is 0 Å². The molecule has 0 aliphatic rings. The molecule has 0 saturated heterocycles. The topological polar surface area (TPSA) is 23.8 Å². The average molecular weight is 187 g/mol. The lowest BCUT2D eigenvalue weighted by molar-refractivity contribution is 0.850. The van der Waals surface area contributed by atoms with Gasteiger partial charge in [0.05, 0.1) is 11.6 Å². The van der Waals surface area contributed by atoms with Crippen LogP contribution in [0.1, 0.15) is 49.8 Å². The van der Waals surface area contributed by atoms with Gasteiger partial charge >= 0.3 is 0 Å². The molecule has 1 nitrogen and oxygen atoms in total. The van der Waals surface area contributed by atoms with Gasteiger partial charge in [-0.15, -0.1) is 0 Å². The van der Waals surface area contributed by atoms with Crippen LogP contribution in [0.4, 0.5) is 0 Å². The normalized spacial score (nSPS) is 10.2. The van der Waals surface area contributed by atoms with E-state index in [0.717, 1.165) is 18.4 Å². The number of nitriles is 1. The summed E-state index contributed by atoms with van der Waals surface area (Å²) in [6.07, 6.45) is 2.26. The molecule has 14 heavy (non-hydrogen) atoms. The van der Waals surface area contributed by atoms with Crippen molar-refractivity contribution in [3.8, 4) is 6.07 Å². The molecule has 0 spiro atoms. The van der Waals surface area contributed by atoms with Gasteiger partial charge in [-0.2, -0.15) is 5.26 Å². The maximum atomic E-state index is 8.94. The second-order valence-corrected chi connectivity index (χ2v) is 3.94. The number of hydrogen-bond acceptors (Lipinski definition) is 1. The second kappa shape index (κ2) is 4.81. The molecule has 0 atom stereocenters. The minimum Gasteiger partial charge on any atom is -0.192 e. The van der Waals surface area contributed by atoms with Crippen molar-refractivity contribution in [2.75, 3.05) is 0 Å². The summed E-state index contributed by atoms with van der Waals surface area (Å²) in [4.78, 5) is 0. The zero-order valence-corrected chi connectivity index (χ0v) is 9.17. The average Bonchev–Trinajstić information content (AvgIpc) is 2.18. The maximum Gasteiger partial charge on any atom is 0.0994 e. The fourth-order valence-electron chi connectivity index (χ4n) is 1.64. The molecule has 0 fully saturated rings. The van der Waals surface area contributed by atoms with Crippen LogP contribution < -0.4 is 0 Å². The lowest BCUT2D eigenvalue weighted by atomic mass is 9.94. The van der Waals surface area contributed by atoms with Gasteiger partial charge in [-0.3, -0.25) is 0 Å². The van der Waals surface area contributed by atoms with E-state index in [4.69, 9.17) is 5.26 Å². The van der Waals surface area contributed by atoms with Crippen LogP contribution in [0.2, 0.25) is 0 Å². The van der Waals surface area contributed by atoms with E-state index in [9.17, 15) is 0 Å². The number of hydrogen-bond donors (Lipinski definition) is 0. The summed E-state index contributed by atoms with van der Waals surface area (Å²) in [6, 6.07) is 8.43. The van der Waals surface area contributed by atoms with Crippen molar-refractivity contribution in [1.82, 2.24) is 0 Å². The third-order valence-electron chi connectivity index (χ3n) is 2.40. The smallest absolute Gasteiger partial charge is 0.0994 e. The van der Waals surface area contributed by atoms with Gasteiger partial charge in [0.25, 0.3) is 0 Å². The van der Waals surface area contributed by atoms with Crippen molar-refractivity contribution in [3.05, 3.63) is 34.9 Å². The first kappa shape index (κ1) is 10.8. The molecule has 0 radical (unpaired) electrons. The minimum atomic E-state index is 0.432. The van der Waals surface area contributed by atoms with E-state index in [1.54, 1.807) is 0 Å². The third-order valence-corrected chi connectivity index (χ3v) is 2.40. The predicted octanol–water partition coefficient (Wildman–Crippen LogP) is 3.63. The zero-order valence-electron chi connectivity index (χ0n) is 9.17. The van der Waals surface area contributed by atoms with Gasteiger partial charge in [0, 0.05) is 0 Å². The van der Waals surface area contributed by atoms with Crippen molar-refractivity contribution in [2.45, 2.75) is 39.5 Å². The SMILES string of the molecule is CCCc1ccc(C#N)c(C(C)C)c1. The Morgan fingerprint density at radius 1 is 1.36 bits per heavy atom. The molecule has 0 amide bonds. The number of benzene rings is 1. The predicted molar refractivity (Wildman–Crippen MR) is 59.2 cm³/mol. The fourth-order valence-corrected chi connectivity index (χ4v) is 1.64. The number of rotatable bonds is 3. The number of nitrogens with zero attached hydrogens (tertiary/aromatic N) is 1. The Labute approximate surface area is 86.4 Å². The van der Waals surface area contributed by atoms with Gasteiger partial charge in [-0.05, 0) is 29.5 Å². The summed E-state index contributed by atoms with van der Waals surface area (Å²) in [6.45, 7) is 6.44. The highest BCUT2D eigenvalue weighted by molar-refractivity contribution is 5.42. The molecule has 0 unspecified atom stereocenters. The number of aryl methyl sites for hydroxylation is 1. The molecule has 0 aliphatic heterocycles. The quantitative estimate of drug-likeness (QED) is 0.708. The molecule has 74 valence electrons. The highest BCUT2D eigenvalue weighted by Gasteiger charge is 2.06. The van der Waals surface area contributed by atoms with E-state index in [0.29, 0.717) is 5.92 Å². The van der Waals surface area contributed by atoms with Crippen molar-refractivity contribution < 1.29 is 0 Å². The van der Waals surface area contributed by atoms with Crippen LogP contribution in [0.15, 0.2) is 18.2 Å². The van der Waals surface area contributed by atoms with Gasteiger partial charge in [-0.25, -0.2) is 0 Å². The first-order chi connectivity index (χ1) is 6.69. The molecule has 0 aliphatic carbocycles. The first-order valence-electron chi connectivity index (χ1n) is 5.22. The van der Waals surface area contributed by atoms with E-state index in [1.807, 2.05) is 6.07 Å². The highest BCUT2D eigenvalue weighted by Crippen LogP contribution is 2.21. The second-order valence-electron chi connectivity index (χ2n) is 3.94. The monoisotopic (exact) mass is 187 g/mol. The molecular formula is C13H17N. The van der Waals surface area contributed by atoms with Gasteiger partial charge in [0.2, 0.25) is 0 Å². The molecule has 1 heteroatoms. The summed E-state index contributed by atoms with van der Waals surface area (Å²) in [5.74, 6) is 0.432. The summed E-state index contributed by atoms with van der Waals surface area (Å²) >= 11 is 0. The standard InChI is InChI=1S/C13H17N/c1-4-5-11-6-7-12(9-14)13(8-11)10(2)3/h6-8,10H,4-5H2,1-3H3. The van der Waals surface area contributed by atoms with Gasteiger partial charge in [0.15, 0.2) is 0 Å². The van der Waals surface area contributed by atoms with Gasteiger partial charge in [0.1, 0.15) is 0 Å². The Morgan fingerprint density at radius 3 is 2.57 bits per heavy atom. The Morgan fingerprint density at radius 2 is 2.07 bits per heavy atom. The van der Waals surface area contributed by atoms with Crippen LogP contribution in [-0.4, -0.2) is 0 Å². The molecule has 1 aromatic rings. The Balaban J connectivity index is 3.09. The van der Waals surface area contributed by atoms with Crippen molar-refractivity contribution in [3.63, 3.8) is 0 Å². The Kier molecular flexibility index (Phi) is 3.71. The van der Waals surface area contributed by atoms with Crippen molar-refractivity contribution in [2.24, 2.45) is 0 Å². The fraction of sp³-hybridized carbons (Fsp3) is 0.462. The molecular weight excluding hydrogens is 170 g/mol. The Bertz CT molecular complexity index is 345. The van der Waals surface area contributed by atoms with Crippen LogP contribution >= 0.6 is 0 Å². The lowest BCUT2D eigenvalue weighted by Crippen LogP contribution is -1.95. The molecule has 0 aromatic heterocycles. The Hall–Kier alpha value is -1.29. The molecule has 0 N–H and O–H groups in total. The van der Waals surface area contributed by atoms with Crippen LogP contribution in [-0.2, 0) is 6.42 Å². The minimum absolute atomic E-state index is 0.432. The van der Waals surface area contributed by atoms with Crippen LogP contribution in [0.25, 0.3) is 0 Å². The van der Waals surface area contributed by atoms with E-state index in [1.165, 1.54) is 11.1 Å². The first-order valence-corrected chi connectivity index (χ1v) is 5.22. The van der Waals surface area contributed by atoms with Crippen molar-refractivity contribution in [1.29, 1.82) is 5.26 Å². The van der Waals surface area contributed by atoms with E-state index >= 15 is 0 Å². The molecule has 0 saturated carbocycles. The van der Waals surface area contributed by atoms with Crippen LogP contribution in [0.3, 0.4) is 0 Å². The van der Waals surface area contributed by atoms with Gasteiger partial charge in [-0.1, -0.05) is 39.3 Å². The van der Waals surface area contributed by atoms with Crippen LogP contribution in [0.5, 0.6) is 0 Å². The molecule has 0 heterocycles. The molecule has 1 rings (SSSR count). The maximum absolute atomic E-state index is 8.94. The summed E-state index contributed by atoms with van der Waals surface area (Å²) in [5, 5.41) is 8.94. The molecule has 0 bridgehead atoms. The van der Waals surface area contributed by atoms with Crippen LogP contribution in [0, 0.1) is 11.3 Å². The summed E-state index contributed by atoms with van der Waals surface area (Å²) in [7, 11) is 0. The van der Waals surface area contributed by atoms with E-state index in [-0.39, 0.29) is 0 Å². The summed E-state index contributed by atoms with van der Waals surface area (Å²) in [5.41, 5.74) is 3.34. The van der Waals surface area contributed by atoms with E-state index in [2.05, 4.69) is 39.0 Å². The van der Waals surface area contributed by atoms with Crippen molar-refractivity contribution >= 4 is 0 Å². The zero-order chi connectivity index (χ0) is 10.6. The lowest BCUT2D eigenvalue weighted by Gasteiger charge is -2.09. The van der Waals surface area contributed by atoms with Gasteiger partial charge < -0.3 is 0 Å². The largest absolute Gasteiger partial charge is 0.192 e. The molecule has 1 aromatic carbocycles. The summed E-state index contributed by atoms with van der Waals surface area (Å²) < 4.78 is 0. The highest BCUT2D eigenvalue weighted by atomic mass is 14.2.